The molecule has 30 heavy (non-hydrogen) atoms. The Morgan fingerprint density at radius 2 is 1.43 bits per heavy atom. The maximum absolute atomic E-state index is 12.3. The molecular weight excluding hydrogens is 401 g/mol. The normalized spacial score (nSPS) is 27.7. The van der Waals surface area contributed by atoms with Gasteiger partial charge in [-0.3, -0.25) is 0 Å². The summed E-state index contributed by atoms with van der Waals surface area (Å²) in [4.78, 5) is 0. The Bertz CT molecular complexity index is 600. The van der Waals surface area contributed by atoms with Gasteiger partial charge in [0, 0.05) is 8.80 Å². The van der Waals surface area contributed by atoms with Crippen LogP contribution in [0.25, 0.3) is 0 Å². The lowest BCUT2D eigenvalue weighted by Gasteiger charge is -2.29. The zero-order valence-corrected chi connectivity index (χ0v) is 19.7. The molecule has 0 unspecified atom stereocenters. The average Bonchev–Trinajstić information content (AvgIpc) is 2.73. The van der Waals surface area contributed by atoms with Crippen LogP contribution in [0, 0.1) is 11.8 Å². The molecule has 170 valence electrons. The lowest BCUT2D eigenvalue weighted by atomic mass is 9.77. The van der Waals surface area contributed by atoms with Crippen LogP contribution in [0.3, 0.4) is 0 Å². The van der Waals surface area contributed by atoms with E-state index in [0.717, 1.165) is 30.2 Å². The maximum atomic E-state index is 12.3. The van der Waals surface area contributed by atoms with E-state index in [1.165, 1.54) is 69.9 Å². The molecule has 0 spiro atoms. The second-order valence-electron chi connectivity index (χ2n) is 9.79. The molecule has 2 aliphatic rings. The summed E-state index contributed by atoms with van der Waals surface area (Å²) in [5.41, 5.74) is 1.16. The first-order chi connectivity index (χ1) is 14.4. The number of halogens is 3. The quantitative estimate of drug-likeness (QED) is 0.276. The van der Waals surface area contributed by atoms with E-state index in [0.29, 0.717) is 5.92 Å². The van der Waals surface area contributed by atoms with Gasteiger partial charge in [-0.25, -0.2) is 0 Å². The summed E-state index contributed by atoms with van der Waals surface area (Å²) in [5, 5.41) is 0. The van der Waals surface area contributed by atoms with E-state index in [9.17, 15) is 13.2 Å². The Kier molecular flexibility index (Phi) is 9.15. The third kappa shape index (κ3) is 7.94. The largest absolute Gasteiger partial charge is 0.573 e. The average molecular weight is 441 g/mol. The first kappa shape index (κ1) is 23.7. The second kappa shape index (κ2) is 11.6. The summed E-state index contributed by atoms with van der Waals surface area (Å²) in [5.74, 6) is 2.23. The number of unbranched alkanes of at least 4 members (excludes halogenated alkanes) is 1. The monoisotopic (exact) mass is 440 g/mol. The zero-order valence-electron chi connectivity index (χ0n) is 18.6. The van der Waals surface area contributed by atoms with Crippen LogP contribution in [0.4, 0.5) is 13.2 Å². The molecule has 1 heterocycles. The topological polar surface area (TPSA) is 9.23 Å². The van der Waals surface area contributed by atoms with E-state index in [1.54, 1.807) is 18.1 Å². The van der Waals surface area contributed by atoms with Gasteiger partial charge >= 0.3 is 6.36 Å². The molecule has 0 N–H and O–H groups in total. The number of alkyl halides is 3. The van der Waals surface area contributed by atoms with E-state index in [1.807, 2.05) is 12.1 Å². The molecule has 1 saturated carbocycles. The van der Waals surface area contributed by atoms with Crippen molar-refractivity contribution in [3.05, 3.63) is 29.8 Å². The molecule has 1 nitrogen and oxygen atoms in total. The van der Waals surface area contributed by atoms with Crippen LogP contribution in [0.2, 0.25) is 18.1 Å². The van der Waals surface area contributed by atoms with Gasteiger partial charge in [-0.15, -0.1) is 13.2 Å². The first-order valence-corrected chi connectivity index (χ1v) is 14.7. The third-order valence-electron chi connectivity index (χ3n) is 7.57. The Hall–Kier alpha value is -0.973. The molecule has 0 radical (unpaired) electrons. The van der Waals surface area contributed by atoms with E-state index in [4.69, 9.17) is 0 Å². The standard InChI is InChI=1S/C25H39F3OSi/c1-2-17-30-18-15-21(16-19-30)6-4-3-5-20-7-9-22(10-8-20)23-11-13-24(14-12-23)29-25(26,27)28/h11-14,20-22,30H,2-10,15-19H2,1H3/t20-,21?,22-,30?. The van der Waals surface area contributed by atoms with Crippen LogP contribution in [0.15, 0.2) is 24.3 Å². The lowest BCUT2D eigenvalue weighted by Crippen LogP contribution is -2.21. The van der Waals surface area contributed by atoms with Crippen LogP contribution in [-0.2, 0) is 0 Å². The Morgan fingerprint density at radius 1 is 0.867 bits per heavy atom. The van der Waals surface area contributed by atoms with Gasteiger partial charge in [-0.1, -0.05) is 82.1 Å². The number of hydrogen-bond acceptors (Lipinski definition) is 1. The van der Waals surface area contributed by atoms with Gasteiger partial charge in [-0.2, -0.15) is 0 Å². The first-order valence-electron chi connectivity index (χ1n) is 12.3. The van der Waals surface area contributed by atoms with E-state index >= 15 is 0 Å². The van der Waals surface area contributed by atoms with Crippen molar-refractivity contribution >= 4 is 8.80 Å². The van der Waals surface area contributed by atoms with Crippen LogP contribution >= 0.6 is 0 Å². The van der Waals surface area contributed by atoms with E-state index in [-0.39, 0.29) is 14.5 Å². The number of ether oxygens (including phenoxy) is 1. The molecule has 1 aliphatic carbocycles. The molecular formula is C25H39F3OSi. The molecule has 3 rings (SSSR count). The molecule has 0 bridgehead atoms. The Balaban J connectivity index is 1.29. The van der Waals surface area contributed by atoms with Crippen molar-refractivity contribution in [3.8, 4) is 5.75 Å². The highest BCUT2D eigenvalue weighted by atomic mass is 28.3. The SMILES string of the molecule is CCC[SiH]1CCC(CCCC[C@H]2CC[C@H](c3ccc(OC(F)(F)F)cc3)CC2)CC1. The van der Waals surface area contributed by atoms with E-state index < -0.39 is 6.36 Å². The summed E-state index contributed by atoms with van der Waals surface area (Å²) in [6.45, 7) is 2.34. The predicted molar refractivity (Wildman–Crippen MR) is 121 cm³/mol. The fourth-order valence-corrected chi connectivity index (χ4v) is 9.38. The minimum absolute atomic E-state index is 0.124. The number of benzene rings is 1. The maximum Gasteiger partial charge on any atom is 0.573 e. The van der Waals surface area contributed by atoms with Gasteiger partial charge in [0.2, 0.25) is 0 Å². The van der Waals surface area contributed by atoms with Crippen molar-refractivity contribution in [1.82, 2.24) is 0 Å². The smallest absolute Gasteiger partial charge is 0.406 e. The van der Waals surface area contributed by atoms with Crippen molar-refractivity contribution in [3.63, 3.8) is 0 Å². The summed E-state index contributed by atoms with van der Waals surface area (Å²) in [7, 11) is -0.331. The van der Waals surface area contributed by atoms with Crippen molar-refractivity contribution in [1.29, 1.82) is 0 Å². The summed E-state index contributed by atoms with van der Waals surface area (Å²) < 4.78 is 40.9. The van der Waals surface area contributed by atoms with Crippen molar-refractivity contribution in [2.24, 2.45) is 11.8 Å². The minimum Gasteiger partial charge on any atom is -0.406 e. The number of hydrogen-bond donors (Lipinski definition) is 0. The molecule has 1 saturated heterocycles. The van der Waals surface area contributed by atoms with Gasteiger partial charge in [0.1, 0.15) is 5.75 Å². The zero-order chi connectivity index (χ0) is 21.4. The Morgan fingerprint density at radius 3 is 1.97 bits per heavy atom. The van der Waals surface area contributed by atoms with Crippen molar-refractivity contribution in [2.45, 2.75) is 108 Å². The highest BCUT2D eigenvalue weighted by Crippen LogP contribution is 2.39. The van der Waals surface area contributed by atoms with Crippen LogP contribution in [0.5, 0.6) is 5.75 Å². The fraction of sp³-hybridized carbons (Fsp3) is 0.760. The van der Waals surface area contributed by atoms with Crippen molar-refractivity contribution < 1.29 is 17.9 Å². The van der Waals surface area contributed by atoms with Gasteiger partial charge in [0.05, 0.1) is 0 Å². The third-order valence-corrected chi connectivity index (χ3v) is 11.3. The molecule has 1 aromatic rings. The summed E-state index contributed by atoms with van der Waals surface area (Å²) in [6, 6.07) is 11.3. The van der Waals surface area contributed by atoms with Gasteiger partial charge in [0.15, 0.2) is 0 Å². The Labute approximate surface area is 182 Å². The molecule has 0 amide bonds. The van der Waals surface area contributed by atoms with Gasteiger partial charge in [0.25, 0.3) is 0 Å². The molecule has 0 atom stereocenters. The molecule has 1 aromatic carbocycles. The number of rotatable bonds is 9. The van der Waals surface area contributed by atoms with Gasteiger partial charge in [-0.05, 0) is 61.1 Å². The van der Waals surface area contributed by atoms with Crippen LogP contribution in [0.1, 0.15) is 89.0 Å². The van der Waals surface area contributed by atoms with Crippen LogP contribution in [-0.4, -0.2) is 15.2 Å². The van der Waals surface area contributed by atoms with Crippen molar-refractivity contribution in [2.75, 3.05) is 0 Å². The summed E-state index contributed by atoms with van der Waals surface area (Å²) >= 11 is 0. The molecule has 0 aromatic heterocycles. The minimum atomic E-state index is -4.62. The van der Waals surface area contributed by atoms with Crippen LogP contribution < -0.4 is 4.74 Å². The summed E-state index contributed by atoms with van der Waals surface area (Å²) in [6.07, 6.45) is 10.3. The fourth-order valence-electron chi connectivity index (χ4n) is 5.81. The van der Waals surface area contributed by atoms with E-state index in [2.05, 4.69) is 11.7 Å². The molecule has 2 fully saturated rings. The van der Waals surface area contributed by atoms with Gasteiger partial charge < -0.3 is 4.74 Å². The molecule has 5 heteroatoms. The molecule has 1 aliphatic heterocycles. The second-order valence-corrected chi connectivity index (χ2v) is 13.3. The lowest BCUT2D eigenvalue weighted by molar-refractivity contribution is -0.274. The highest BCUT2D eigenvalue weighted by molar-refractivity contribution is 6.58. The predicted octanol–water partition coefficient (Wildman–Crippen LogP) is 8.47. The highest BCUT2D eigenvalue weighted by Gasteiger charge is 2.31.